The van der Waals surface area contributed by atoms with Crippen LogP contribution in [0.3, 0.4) is 0 Å². The molecule has 0 spiro atoms. The molecule has 0 saturated carbocycles. The van der Waals surface area contributed by atoms with Crippen molar-refractivity contribution in [1.29, 1.82) is 0 Å². The van der Waals surface area contributed by atoms with Gasteiger partial charge in [-0.15, -0.1) is 0 Å². The van der Waals surface area contributed by atoms with Crippen LogP contribution in [0.25, 0.3) is 22.5 Å². The van der Waals surface area contributed by atoms with Crippen LogP contribution >= 0.6 is 0 Å². The molecule has 1 aromatic heterocycles. The summed E-state index contributed by atoms with van der Waals surface area (Å²) in [4.78, 5) is 4.59. The summed E-state index contributed by atoms with van der Waals surface area (Å²) in [6, 6.07) is 17.3. The van der Waals surface area contributed by atoms with Crippen molar-refractivity contribution < 1.29 is 0 Å². The Morgan fingerprint density at radius 1 is 0.913 bits per heavy atom. The van der Waals surface area contributed by atoms with Crippen LogP contribution in [0.2, 0.25) is 0 Å². The highest BCUT2D eigenvalue weighted by Gasteiger charge is 2.18. The van der Waals surface area contributed by atoms with Crippen LogP contribution in [0.4, 0.5) is 0 Å². The molecule has 0 saturated heterocycles. The summed E-state index contributed by atoms with van der Waals surface area (Å²) in [6.07, 6.45) is 3.88. The van der Waals surface area contributed by atoms with Gasteiger partial charge in [-0.25, -0.2) is 4.98 Å². The summed E-state index contributed by atoms with van der Waals surface area (Å²) in [6.45, 7) is 6.85. The third-order valence-corrected chi connectivity index (χ3v) is 4.71. The van der Waals surface area contributed by atoms with Gasteiger partial charge in [-0.1, -0.05) is 63.2 Å². The van der Waals surface area contributed by atoms with Gasteiger partial charge in [0.25, 0.3) is 0 Å². The minimum absolute atomic E-state index is 0.492. The van der Waals surface area contributed by atoms with Crippen LogP contribution in [-0.2, 0) is 7.05 Å². The van der Waals surface area contributed by atoms with Crippen LogP contribution in [0, 0.1) is 5.92 Å². The van der Waals surface area contributed by atoms with E-state index in [4.69, 9.17) is 0 Å². The molecule has 23 heavy (non-hydrogen) atoms. The SMILES string of the molecule is CC(C)C(C)c1ccc(-c2ccccc2)cc1-c1nccn1C. The van der Waals surface area contributed by atoms with E-state index in [9.17, 15) is 0 Å². The molecule has 0 bridgehead atoms. The zero-order valence-corrected chi connectivity index (χ0v) is 14.3. The van der Waals surface area contributed by atoms with Gasteiger partial charge in [-0.3, -0.25) is 0 Å². The molecular formula is C21H24N2. The van der Waals surface area contributed by atoms with Gasteiger partial charge < -0.3 is 4.57 Å². The maximum atomic E-state index is 4.59. The van der Waals surface area contributed by atoms with E-state index < -0.39 is 0 Å². The van der Waals surface area contributed by atoms with Gasteiger partial charge >= 0.3 is 0 Å². The fourth-order valence-electron chi connectivity index (χ4n) is 2.94. The molecule has 2 heteroatoms. The predicted molar refractivity (Wildman–Crippen MR) is 97.3 cm³/mol. The molecule has 0 aliphatic rings. The molecule has 3 aromatic rings. The lowest BCUT2D eigenvalue weighted by Gasteiger charge is -2.21. The molecule has 0 aliphatic heterocycles. The van der Waals surface area contributed by atoms with Crippen molar-refractivity contribution in [2.45, 2.75) is 26.7 Å². The topological polar surface area (TPSA) is 17.8 Å². The highest BCUT2D eigenvalue weighted by Crippen LogP contribution is 2.35. The quantitative estimate of drug-likeness (QED) is 0.621. The Kier molecular flexibility index (Phi) is 4.33. The van der Waals surface area contributed by atoms with Gasteiger partial charge in [-0.05, 0) is 34.6 Å². The van der Waals surface area contributed by atoms with Crippen molar-refractivity contribution in [2.24, 2.45) is 13.0 Å². The second-order valence-corrected chi connectivity index (χ2v) is 6.56. The maximum absolute atomic E-state index is 4.59. The second kappa shape index (κ2) is 6.41. The van der Waals surface area contributed by atoms with E-state index in [1.54, 1.807) is 0 Å². The fourth-order valence-corrected chi connectivity index (χ4v) is 2.94. The van der Waals surface area contributed by atoms with Crippen LogP contribution in [0.5, 0.6) is 0 Å². The number of imidazole rings is 1. The fraction of sp³-hybridized carbons (Fsp3) is 0.286. The summed E-state index contributed by atoms with van der Waals surface area (Å²) < 4.78 is 2.10. The third-order valence-electron chi connectivity index (χ3n) is 4.71. The number of nitrogens with zero attached hydrogens (tertiary/aromatic N) is 2. The molecule has 0 radical (unpaired) electrons. The van der Waals surface area contributed by atoms with E-state index >= 15 is 0 Å². The molecule has 0 fully saturated rings. The molecule has 0 amide bonds. The summed E-state index contributed by atoms with van der Waals surface area (Å²) in [5.74, 6) is 2.12. The number of benzene rings is 2. The van der Waals surface area contributed by atoms with Crippen LogP contribution in [0.15, 0.2) is 60.9 Å². The number of hydrogen-bond donors (Lipinski definition) is 0. The normalized spacial score (nSPS) is 12.6. The van der Waals surface area contributed by atoms with Crippen molar-refractivity contribution in [1.82, 2.24) is 9.55 Å². The number of hydrogen-bond acceptors (Lipinski definition) is 1. The summed E-state index contributed by atoms with van der Waals surface area (Å²) in [5, 5.41) is 0. The molecule has 3 rings (SSSR count). The molecule has 1 unspecified atom stereocenters. The van der Waals surface area contributed by atoms with Crippen molar-refractivity contribution in [3.63, 3.8) is 0 Å². The van der Waals surface area contributed by atoms with E-state index in [0.29, 0.717) is 11.8 Å². The monoisotopic (exact) mass is 304 g/mol. The predicted octanol–water partition coefficient (Wildman–Crippen LogP) is 5.51. The number of aromatic nitrogens is 2. The van der Waals surface area contributed by atoms with Gasteiger partial charge in [0, 0.05) is 25.0 Å². The van der Waals surface area contributed by atoms with E-state index in [1.165, 1.54) is 22.3 Å². The Bertz CT molecular complexity index is 785. The van der Waals surface area contributed by atoms with Crippen LogP contribution in [-0.4, -0.2) is 9.55 Å². The minimum Gasteiger partial charge on any atom is -0.334 e. The van der Waals surface area contributed by atoms with Crippen molar-refractivity contribution in [3.05, 3.63) is 66.5 Å². The number of aryl methyl sites for hydroxylation is 1. The zero-order chi connectivity index (χ0) is 16.4. The van der Waals surface area contributed by atoms with Gasteiger partial charge in [0.05, 0.1) is 0 Å². The molecular weight excluding hydrogens is 280 g/mol. The Hall–Kier alpha value is -2.35. The van der Waals surface area contributed by atoms with Crippen molar-refractivity contribution >= 4 is 0 Å². The Labute approximate surface area is 138 Å². The lowest BCUT2D eigenvalue weighted by atomic mass is 9.85. The first-order valence-electron chi connectivity index (χ1n) is 8.25. The molecule has 1 heterocycles. The first kappa shape index (κ1) is 15.5. The van der Waals surface area contributed by atoms with Gasteiger partial charge in [0.2, 0.25) is 0 Å². The standard InChI is InChI=1S/C21H24N2/c1-15(2)16(3)19-11-10-18(17-8-6-5-7-9-17)14-20(19)21-22-12-13-23(21)4/h5-16H,1-4H3. The van der Waals surface area contributed by atoms with Crippen molar-refractivity contribution in [2.75, 3.05) is 0 Å². The van der Waals surface area contributed by atoms with E-state index in [2.05, 4.69) is 85.9 Å². The summed E-state index contributed by atoms with van der Waals surface area (Å²) >= 11 is 0. The minimum atomic E-state index is 0.492. The van der Waals surface area contributed by atoms with E-state index in [1.807, 2.05) is 12.4 Å². The maximum Gasteiger partial charge on any atom is 0.139 e. The van der Waals surface area contributed by atoms with Gasteiger partial charge in [0.1, 0.15) is 5.82 Å². The second-order valence-electron chi connectivity index (χ2n) is 6.56. The van der Waals surface area contributed by atoms with E-state index in [-0.39, 0.29) is 0 Å². The summed E-state index contributed by atoms with van der Waals surface area (Å²) in [5.41, 5.74) is 5.09. The Morgan fingerprint density at radius 3 is 2.26 bits per heavy atom. The Balaban J connectivity index is 2.17. The van der Waals surface area contributed by atoms with Gasteiger partial charge in [-0.2, -0.15) is 0 Å². The smallest absolute Gasteiger partial charge is 0.139 e. The highest BCUT2D eigenvalue weighted by molar-refractivity contribution is 5.73. The zero-order valence-electron chi connectivity index (χ0n) is 14.3. The molecule has 2 aromatic carbocycles. The van der Waals surface area contributed by atoms with Crippen LogP contribution < -0.4 is 0 Å². The largest absolute Gasteiger partial charge is 0.334 e. The molecule has 2 nitrogen and oxygen atoms in total. The van der Waals surface area contributed by atoms with E-state index in [0.717, 1.165) is 5.82 Å². The number of rotatable bonds is 4. The average molecular weight is 304 g/mol. The molecule has 118 valence electrons. The van der Waals surface area contributed by atoms with Crippen LogP contribution in [0.1, 0.15) is 32.3 Å². The molecule has 1 atom stereocenters. The molecule has 0 aliphatic carbocycles. The first-order valence-corrected chi connectivity index (χ1v) is 8.25. The lowest BCUT2D eigenvalue weighted by Crippen LogP contribution is -2.06. The first-order chi connectivity index (χ1) is 11.1. The highest BCUT2D eigenvalue weighted by atomic mass is 15.0. The lowest BCUT2D eigenvalue weighted by molar-refractivity contribution is 0.535. The van der Waals surface area contributed by atoms with Gasteiger partial charge in [0.15, 0.2) is 0 Å². The third kappa shape index (κ3) is 3.07. The van der Waals surface area contributed by atoms with Crippen molar-refractivity contribution in [3.8, 4) is 22.5 Å². The average Bonchev–Trinajstić information content (AvgIpc) is 3.00. The Morgan fingerprint density at radius 2 is 1.65 bits per heavy atom. The summed E-state index contributed by atoms with van der Waals surface area (Å²) in [7, 11) is 2.06. The molecule has 0 N–H and O–H groups in total.